The minimum absolute atomic E-state index is 0.0487. The first-order chi connectivity index (χ1) is 10.1. The summed E-state index contributed by atoms with van der Waals surface area (Å²) in [4.78, 5) is 12.5. The molecule has 0 aromatic heterocycles. The molecule has 1 N–H and O–H groups in total. The number of rotatable bonds is 5. The van der Waals surface area contributed by atoms with Crippen molar-refractivity contribution in [1.82, 2.24) is 0 Å². The number of carbonyl (C=O) groups excluding carboxylic acids is 1. The molecule has 0 saturated heterocycles. The van der Waals surface area contributed by atoms with Crippen molar-refractivity contribution in [3.8, 4) is 11.5 Å². The zero-order chi connectivity index (χ0) is 15.2. The zero-order valence-corrected chi connectivity index (χ0v) is 13.4. The molecule has 0 bridgehead atoms. The van der Waals surface area contributed by atoms with Crippen LogP contribution in [-0.2, 0) is 4.79 Å². The summed E-state index contributed by atoms with van der Waals surface area (Å²) in [7, 11) is 0. The van der Waals surface area contributed by atoms with Crippen molar-refractivity contribution in [2.75, 3.05) is 11.6 Å². The Labute approximate surface area is 133 Å². The van der Waals surface area contributed by atoms with Crippen LogP contribution >= 0.6 is 23.4 Å². The molecule has 0 unspecified atom stereocenters. The van der Waals surface area contributed by atoms with Crippen molar-refractivity contribution in [2.24, 2.45) is 0 Å². The van der Waals surface area contributed by atoms with Crippen LogP contribution in [0, 0.1) is 0 Å². The first-order valence-corrected chi connectivity index (χ1v) is 8.14. The van der Waals surface area contributed by atoms with Gasteiger partial charge in [0.25, 0.3) is 0 Å². The van der Waals surface area contributed by atoms with E-state index >= 15 is 0 Å². The fourth-order valence-corrected chi connectivity index (χ4v) is 2.31. The van der Waals surface area contributed by atoms with Crippen LogP contribution in [-0.4, -0.2) is 12.2 Å². The first kappa shape index (κ1) is 15.7. The van der Waals surface area contributed by atoms with Crippen molar-refractivity contribution in [2.45, 2.75) is 18.2 Å². The third-order valence-corrected chi connectivity index (χ3v) is 3.86. The van der Waals surface area contributed by atoms with E-state index in [2.05, 4.69) is 5.32 Å². The summed E-state index contributed by atoms with van der Waals surface area (Å²) >= 11 is 7.86. The molecule has 0 fully saturated rings. The average molecular weight is 322 g/mol. The van der Waals surface area contributed by atoms with Gasteiger partial charge in [0, 0.05) is 17.0 Å². The molecule has 2 rings (SSSR count). The number of nitrogens with one attached hydrogen (secondary N) is 1. The number of anilines is 1. The smallest absolute Gasteiger partial charge is 0.224 e. The second-order valence-corrected chi connectivity index (χ2v) is 5.61. The zero-order valence-electron chi connectivity index (χ0n) is 11.9. The second kappa shape index (κ2) is 7.38. The number of thioether (sulfide) groups is 1. The van der Waals surface area contributed by atoms with Gasteiger partial charge in [-0.2, -0.15) is 0 Å². The van der Waals surface area contributed by atoms with Gasteiger partial charge < -0.3 is 10.1 Å². The van der Waals surface area contributed by atoms with E-state index in [-0.39, 0.29) is 5.91 Å². The standard InChI is InChI=1S/C16H16ClNO2S/c1-3-16(19)18-11-4-9-15(14(17)10-11)20-12-5-7-13(21-2)8-6-12/h4-10H,3H2,1-2H3,(H,18,19). The van der Waals surface area contributed by atoms with Crippen LogP contribution in [0.2, 0.25) is 5.02 Å². The highest BCUT2D eigenvalue weighted by Crippen LogP contribution is 2.32. The summed E-state index contributed by atoms with van der Waals surface area (Å²) in [5, 5.41) is 3.21. The van der Waals surface area contributed by atoms with Crippen LogP contribution in [0.1, 0.15) is 13.3 Å². The van der Waals surface area contributed by atoms with Crippen LogP contribution in [0.25, 0.3) is 0 Å². The predicted octanol–water partition coefficient (Wildman–Crippen LogP) is 5.20. The molecule has 110 valence electrons. The summed E-state index contributed by atoms with van der Waals surface area (Å²) in [5.41, 5.74) is 0.664. The van der Waals surface area contributed by atoms with Gasteiger partial charge in [0.2, 0.25) is 5.91 Å². The molecular weight excluding hydrogens is 306 g/mol. The van der Waals surface area contributed by atoms with Gasteiger partial charge in [-0.25, -0.2) is 0 Å². The fraction of sp³-hybridized carbons (Fsp3) is 0.188. The number of ether oxygens (including phenoxy) is 1. The maximum atomic E-state index is 11.3. The van der Waals surface area contributed by atoms with E-state index in [1.807, 2.05) is 30.5 Å². The first-order valence-electron chi connectivity index (χ1n) is 6.53. The van der Waals surface area contributed by atoms with E-state index in [1.165, 1.54) is 4.90 Å². The van der Waals surface area contributed by atoms with Crippen LogP contribution < -0.4 is 10.1 Å². The largest absolute Gasteiger partial charge is 0.456 e. The van der Waals surface area contributed by atoms with Crippen LogP contribution in [0.3, 0.4) is 0 Å². The molecule has 2 aromatic rings. The third kappa shape index (κ3) is 4.41. The maximum Gasteiger partial charge on any atom is 0.224 e. The Balaban J connectivity index is 2.11. The number of hydrogen-bond donors (Lipinski definition) is 1. The minimum atomic E-state index is -0.0487. The third-order valence-electron chi connectivity index (χ3n) is 2.82. The Hall–Kier alpha value is -1.65. The Morgan fingerprint density at radius 3 is 2.52 bits per heavy atom. The molecule has 0 radical (unpaired) electrons. The van der Waals surface area contributed by atoms with Crippen molar-refractivity contribution >= 4 is 35.0 Å². The van der Waals surface area contributed by atoms with Crippen LogP contribution in [0.5, 0.6) is 11.5 Å². The highest BCUT2D eigenvalue weighted by atomic mass is 35.5. The van der Waals surface area contributed by atoms with E-state index < -0.39 is 0 Å². The SMILES string of the molecule is CCC(=O)Nc1ccc(Oc2ccc(SC)cc2)c(Cl)c1. The number of carbonyl (C=O) groups is 1. The maximum absolute atomic E-state index is 11.3. The minimum Gasteiger partial charge on any atom is -0.456 e. The molecule has 0 spiro atoms. The predicted molar refractivity (Wildman–Crippen MR) is 88.7 cm³/mol. The van der Waals surface area contributed by atoms with Gasteiger partial charge in [-0.15, -0.1) is 11.8 Å². The Morgan fingerprint density at radius 1 is 1.24 bits per heavy atom. The average Bonchev–Trinajstić information content (AvgIpc) is 2.50. The molecule has 1 amide bonds. The number of amides is 1. The van der Waals surface area contributed by atoms with Crippen molar-refractivity contribution in [3.63, 3.8) is 0 Å². The van der Waals surface area contributed by atoms with Crippen molar-refractivity contribution < 1.29 is 9.53 Å². The quantitative estimate of drug-likeness (QED) is 0.769. The molecule has 0 aliphatic carbocycles. The van der Waals surface area contributed by atoms with Gasteiger partial charge in [-0.05, 0) is 48.7 Å². The van der Waals surface area contributed by atoms with E-state index in [1.54, 1.807) is 36.9 Å². The van der Waals surface area contributed by atoms with Gasteiger partial charge in [0.1, 0.15) is 11.5 Å². The summed E-state index contributed by atoms with van der Waals surface area (Å²) in [6.07, 6.45) is 2.45. The fourth-order valence-electron chi connectivity index (χ4n) is 1.68. The normalized spacial score (nSPS) is 10.2. The summed E-state index contributed by atoms with van der Waals surface area (Å²) in [6.45, 7) is 1.80. The molecule has 21 heavy (non-hydrogen) atoms. The Bertz CT molecular complexity index is 629. The highest BCUT2D eigenvalue weighted by Gasteiger charge is 2.06. The van der Waals surface area contributed by atoms with Gasteiger partial charge >= 0.3 is 0 Å². The lowest BCUT2D eigenvalue weighted by atomic mass is 10.3. The van der Waals surface area contributed by atoms with Gasteiger partial charge in [-0.3, -0.25) is 4.79 Å². The molecule has 3 nitrogen and oxygen atoms in total. The van der Waals surface area contributed by atoms with E-state index in [4.69, 9.17) is 16.3 Å². The molecule has 0 atom stereocenters. The lowest BCUT2D eigenvalue weighted by molar-refractivity contribution is -0.115. The van der Waals surface area contributed by atoms with Crippen LogP contribution in [0.4, 0.5) is 5.69 Å². The van der Waals surface area contributed by atoms with E-state index in [9.17, 15) is 4.79 Å². The number of hydrogen-bond acceptors (Lipinski definition) is 3. The molecule has 0 saturated carbocycles. The molecule has 2 aromatic carbocycles. The molecule has 0 aliphatic rings. The molecular formula is C16H16ClNO2S. The van der Waals surface area contributed by atoms with Crippen LogP contribution in [0.15, 0.2) is 47.4 Å². The number of halogens is 1. The summed E-state index contributed by atoms with van der Waals surface area (Å²) in [6, 6.07) is 13.0. The van der Waals surface area contributed by atoms with Crippen molar-refractivity contribution in [1.29, 1.82) is 0 Å². The second-order valence-electron chi connectivity index (χ2n) is 4.32. The van der Waals surface area contributed by atoms with E-state index in [0.29, 0.717) is 22.9 Å². The summed E-state index contributed by atoms with van der Waals surface area (Å²) < 4.78 is 5.74. The monoisotopic (exact) mass is 321 g/mol. The summed E-state index contributed by atoms with van der Waals surface area (Å²) in [5.74, 6) is 1.23. The lowest BCUT2D eigenvalue weighted by Crippen LogP contribution is -2.09. The van der Waals surface area contributed by atoms with Gasteiger partial charge in [0.15, 0.2) is 0 Å². The molecule has 0 aliphatic heterocycles. The Kier molecular flexibility index (Phi) is 5.53. The number of benzene rings is 2. The van der Waals surface area contributed by atoms with E-state index in [0.717, 1.165) is 5.75 Å². The Morgan fingerprint density at radius 2 is 1.95 bits per heavy atom. The van der Waals surface area contributed by atoms with Crippen molar-refractivity contribution in [3.05, 3.63) is 47.5 Å². The van der Waals surface area contributed by atoms with Gasteiger partial charge in [-0.1, -0.05) is 18.5 Å². The highest BCUT2D eigenvalue weighted by molar-refractivity contribution is 7.98. The molecule has 0 heterocycles. The topological polar surface area (TPSA) is 38.3 Å². The van der Waals surface area contributed by atoms with Gasteiger partial charge in [0.05, 0.1) is 5.02 Å². The lowest BCUT2D eigenvalue weighted by Gasteiger charge is -2.10. The molecule has 5 heteroatoms.